The lowest BCUT2D eigenvalue weighted by Gasteiger charge is -2.26. The summed E-state index contributed by atoms with van der Waals surface area (Å²) in [6.45, 7) is 3.91. The van der Waals surface area contributed by atoms with Crippen molar-refractivity contribution in [2.75, 3.05) is 26.7 Å². The van der Waals surface area contributed by atoms with Gasteiger partial charge in [0.1, 0.15) is 5.75 Å². The third-order valence-corrected chi connectivity index (χ3v) is 4.37. The highest BCUT2D eigenvalue weighted by Gasteiger charge is 2.10. The van der Waals surface area contributed by atoms with E-state index in [9.17, 15) is 4.79 Å². The van der Waals surface area contributed by atoms with Gasteiger partial charge in [-0.1, -0.05) is 6.42 Å². The van der Waals surface area contributed by atoms with Gasteiger partial charge >= 0.3 is 0 Å². The largest absolute Gasteiger partial charge is 0.497 e. The van der Waals surface area contributed by atoms with Crippen LogP contribution >= 0.6 is 0 Å². The summed E-state index contributed by atoms with van der Waals surface area (Å²) in [4.78, 5) is 19.1. The predicted octanol–water partition coefficient (Wildman–Crippen LogP) is 2.40. The number of likely N-dealkylation sites (tertiary alicyclic amines) is 1. The summed E-state index contributed by atoms with van der Waals surface area (Å²) < 4.78 is 6.84. The first kappa shape index (κ1) is 15.7. The van der Waals surface area contributed by atoms with E-state index in [1.807, 2.05) is 24.3 Å². The molecule has 0 unspecified atom stereocenters. The van der Waals surface area contributed by atoms with Crippen LogP contribution in [0, 0.1) is 0 Å². The van der Waals surface area contributed by atoms with Crippen LogP contribution in [0.4, 0.5) is 0 Å². The second-order valence-electron chi connectivity index (χ2n) is 5.94. The quantitative estimate of drug-likeness (QED) is 0.850. The van der Waals surface area contributed by atoms with E-state index in [1.54, 1.807) is 24.1 Å². The molecule has 1 aliphatic heterocycles. The minimum Gasteiger partial charge on any atom is -0.497 e. The number of nitrogens with zero attached hydrogens (tertiary/aromatic N) is 3. The number of piperidine rings is 1. The fourth-order valence-corrected chi connectivity index (χ4v) is 2.95. The van der Waals surface area contributed by atoms with Gasteiger partial charge in [-0.15, -0.1) is 0 Å². The van der Waals surface area contributed by atoms with Crippen molar-refractivity contribution in [3.8, 4) is 17.0 Å². The van der Waals surface area contributed by atoms with E-state index in [0.29, 0.717) is 12.2 Å². The van der Waals surface area contributed by atoms with Crippen molar-refractivity contribution in [3.63, 3.8) is 0 Å². The average Bonchev–Trinajstić information content (AvgIpc) is 2.61. The van der Waals surface area contributed by atoms with Crippen molar-refractivity contribution in [1.82, 2.24) is 14.5 Å². The highest BCUT2D eigenvalue weighted by Crippen LogP contribution is 2.19. The number of methoxy groups -OCH3 is 1. The maximum atomic E-state index is 12.3. The first-order chi connectivity index (χ1) is 11.3. The highest BCUT2D eigenvalue weighted by molar-refractivity contribution is 5.59. The van der Waals surface area contributed by atoms with Crippen molar-refractivity contribution in [1.29, 1.82) is 0 Å². The Balaban J connectivity index is 1.68. The van der Waals surface area contributed by atoms with Crippen LogP contribution in [-0.2, 0) is 6.54 Å². The Labute approximate surface area is 136 Å². The van der Waals surface area contributed by atoms with Crippen LogP contribution in [0.1, 0.15) is 19.3 Å². The molecule has 0 radical (unpaired) electrons. The molecule has 1 fully saturated rings. The van der Waals surface area contributed by atoms with Crippen molar-refractivity contribution >= 4 is 0 Å². The maximum Gasteiger partial charge on any atom is 0.253 e. The van der Waals surface area contributed by atoms with Crippen LogP contribution in [0.3, 0.4) is 0 Å². The lowest BCUT2D eigenvalue weighted by Crippen LogP contribution is -2.34. The zero-order valence-corrected chi connectivity index (χ0v) is 13.6. The molecule has 1 aromatic carbocycles. The molecule has 2 heterocycles. The molecule has 1 aliphatic rings. The van der Waals surface area contributed by atoms with E-state index in [4.69, 9.17) is 4.74 Å². The molecule has 0 amide bonds. The number of ether oxygens (including phenoxy) is 1. The Morgan fingerprint density at radius 1 is 1.09 bits per heavy atom. The molecule has 0 N–H and O–H groups in total. The smallest absolute Gasteiger partial charge is 0.253 e. The van der Waals surface area contributed by atoms with E-state index >= 15 is 0 Å². The molecule has 1 saturated heterocycles. The van der Waals surface area contributed by atoms with E-state index in [1.165, 1.54) is 19.3 Å². The molecule has 0 aliphatic carbocycles. The fraction of sp³-hybridized carbons (Fsp3) is 0.444. The lowest BCUT2D eigenvalue weighted by atomic mass is 10.1. The van der Waals surface area contributed by atoms with Gasteiger partial charge < -0.3 is 9.64 Å². The van der Waals surface area contributed by atoms with Gasteiger partial charge in [-0.2, -0.15) is 0 Å². The molecule has 0 saturated carbocycles. The van der Waals surface area contributed by atoms with Gasteiger partial charge in [0.05, 0.1) is 19.1 Å². The zero-order chi connectivity index (χ0) is 16.1. The van der Waals surface area contributed by atoms with Gasteiger partial charge in [0, 0.05) is 24.7 Å². The van der Waals surface area contributed by atoms with Crippen LogP contribution < -0.4 is 10.3 Å². The summed E-state index contributed by atoms with van der Waals surface area (Å²) in [5.74, 6) is 0.795. The molecule has 0 atom stereocenters. The predicted molar refractivity (Wildman–Crippen MR) is 90.8 cm³/mol. The number of aromatic nitrogens is 2. The molecule has 122 valence electrons. The fourth-order valence-electron chi connectivity index (χ4n) is 2.95. The van der Waals surface area contributed by atoms with Crippen molar-refractivity contribution in [3.05, 3.63) is 47.0 Å². The van der Waals surface area contributed by atoms with Gasteiger partial charge in [-0.25, -0.2) is 4.98 Å². The summed E-state index contributed by atoms with van der Waals surface area (Å²) in [6, 6.07) is 9.19. The number of hydrogen-bond donors (Lipinski definition) is 0. The molecule has 0 spiro atoms. The Kier molecular flexibility index (Phi) is 5.08. The first-order valence-corrected chi connectivity index (χ1v) is 8.19. The van der Waals surface area contributed by atoms with Gasteiger partial charge in [-0.3, -0.25) is 9.36 Å². The molecular weight excluding hydrogens is 290 g/mol. The van der Waals surface area contributed by atoms with Crippen LogP contribution in [0.25, 0.3) is 11.3 Å². The van der Waals surface area contributed by atoms with E-state index in [2.05, 4.69) is 9.88 Å². The summed E-state index contributed by atoms with van der Waals surface area (Å²) >= 11 is 0. The molecule has 0 bridgehead atoms. The molecule has 3 rings (SSSR count). The van der Waals surface area contributed by atoms with Crippen molar-refractivity contribution < 1.29 is 4.74 Å². The number of hydrogen-bond acceptors (Lipinski definition) is 4. The minimum absolute atomic E-state index is 0.00262. The Hall–Kier alpha value is -2.14. The summed E-state index contributed by atoms with van der Waals surface area (Å²) in [7, 11) is 1.64. The van der Waals surface area contributed by atoms with Crippen LogP contribution in [0.5, 0.6) is 5.75 Å². The Morgan fingerprint density at radius 3 is 2.48 bits per heavy atom. The SMILES string of the molecule is COc1ccc(-c2cc(=O)n(CCN3CCCCC3)cn2)cc1. The second kappa shape index (κ2) is 7.42. The standard InChI is InChI=1S/C18H23N3O2/c1-23-16-7-5-15(6-8-16)17-13-18(22)21(14-19-17)12-11-20-9-3-2-4-10-20/h5-8,13-14H,2-4,9-12H2,1H3. The molecule has 5 nitrogen and oxygen atoms in total. The maximum absolute atomic E-state index is 12.3. The summed E-state index contributed by atoms with van der Waals surface area (Å²) in [5.41, 5.74) is 1.63. The molecule has 23 heavy (non-hydrogen) atoms. The van der Waals surface area contributed by atoms with Gasteiger partial charge in [0.2, 0.25) is 0 Å². The highest BCUT2D eigenvalue weighted by atomic mass is 16.5. The Morgan fingerprint density at radius 2 is 1.83 bits per heavy atom. The Bertz CT molecular complexity index is 688. The molecular formula is C18H23N3O2. The molecule has 1 aromatic heterocycles. The average molecular weight is 313 g/mol. The summed E-state index contributed by atoms with van der Waals surface area (Å²) in [5, 5.41) is 0. The zero-order valence-electron chi connectivity index (χ0n) is 13.6. The van der Waals surface area contributed by atoms with E-state index in [-0.39, 0.29) is 5.56 Å². The monoisotopic (exact) mass is 313 g/mol. The van der Waals surface area contributed by atoms with Crippen LogP contribution in [0.15, 0.2) is 41.5 Å². The van der Waals surface area contributed by atoms with Crippen molar-refractivity contribution in [2.24, 2.45) is 0 Å². The number of benzene rings is 1. The molecule has 5 heteroatoms. The van der Waals surface area contributed by atoms with Crippen LogP contribution in [-0.4, -0.2) is 41.2 Å². The lowest BCUT2D eigenvalue weighted by molar-refractivity contribution is 0.219. The molecule has 2 aromatic rings. The summed E-state index contributed by atoms with van der Waals surface area (Å²) in [6.07, 6.45) is 5.52. The topological polar surface area (TPSA) is 47.4 Å². The van der Waals surface area contributed by atoms with Gasteiger partial charge in [-0.05, 0) is 50.2 Å². The third-order valence-electron chi connectivity index (χ3n) is 4.37. The van der Waals surface area contributed by atoms with Gasteiger partial charge in [0.25, 0.3) is 5.56 Å². The van der Waals surface area contributed by atoms with E-state index in [0.717, 1.165) is 30.9 Å². The third kappa shape index (κ3) is 3.99. The normalized spacial score (nSPS) is 15.5. The van der Waals surface area contributed by atoms with Crippen molar-refractivity contribution in [2.45, 2.75) is 25.8 Å². The van der Waals surface area contributed by atoms with Gasteiger partial charge in [0.15, 0.2) is 0 Å². The van der Waals surface area contributed by atoms with Crippen LogP contribution in [0.2, 0.25) is 0 Å². The minimum atomic E-state index is 0.00262. The second-order valence-corrected chi connectivity index (χ2v) is 5.94. The van der Waals surface area contributed by atoms with E-state index < -0.39 is 0 Å². The first-order valence-electron chi connectivity index (χ1n) is 8.19. The number of rotatable bonds is 5.